The third kappa shape index (κ3) is 2.97. The van der Waals surface area contributed by atoms with Gasteiger partial charge in [-0.3, -0.25) is 4.79 Å². The number of H-pyrrole nitrogens is 1. The number of aromatic amines is 1. The van der Waals surface area contributed by atoms with Crippen LogP contribution in [0.25, 0.3) is 10.9 Å². The Morgan fingerprint density at radius 1 is 1.43 bits per heavy atom. The Morgan fingerprint density at radius 2 is 2.24 bits per heavy atom. The van der Waals surface area contributed by atoms with Gasteiger partial charge in [0.05, 0.1) is 5.01 Å². The number of benzene rings is 1. The number of carbonyl (C=O) groups excluding carboxylic acids is 1. The minimum absolute atomic E-state index is 0.0775. The average Bonchev–Trinajstić information content (AvgIpc) is 3.10. The summed E-state index contributed by atoms with van der Waals surface area (Å²) in [5, 5.41) is 7.10. The van der Waals surface area contributed by atoms with Crippen LogP contribution >= 0.6 is 11.3 Å². The molecule has 1 amide bonds. The maximum atomic E-state index is 12.2. The molecule has 3 aromatic rings. The van der Waals surface area contributed by atoms with E-state index in [9.17, 15) is 4.79 Å². The molecule has 1 aromatic carbocycles. The van der Waals surface area contributed by atoms with Crippen LogP contribution in [0.2, 0.25) is 0 Å². The van der Waals surface area contributed by atoms with E-state index in [-0.39, 0.29) is 11.8 Å². The number of nitrogens with zero attached hydrogens (tertiary/aromatic N) is 1. The van der Waals surface area contributed by atoms with Gasteiger partial charge in [-0.05, 0) is 19.1 Å². The second-order valence-electron chi connectivity index (χ2n) is 5.21. The van der Waals surface area contributed by atoms with Crippen molar-refractivity contribution in [1.29, 1.82) is 0 Å². The summed E-state index contributed by atoms with van der Waals surface area (Å²) in [6.45, 7) is 4.64. The van der Waals surface area contributed by atoms with Crippen LogP contribution in [0.4, 0.5) is 0 Å². The van der Waals surface area contributed by atoms with E-state index < -0.39 is 0 Å². The van der Waals surface area contributed by atoms with Crippen molar-refractivity contribution in [2.45, 2.75) is 19.8 Å². The van der Waals surface area contributed by atoms with Crippen molar-refractivity contribution in [2.75, 3.05) is 6.54 Å². The van der Waals surface area contributed by atoms with Crippen molar-refractivity contribution < 1.29 is 4.79 Å². The highest BCUT2D eigenvalue weighted by Crippen LogP contribution is 2.19. The Balaban J connectivity index is 1.66. The third-order valence-corrected chi connectivity index (χ3v) is 4.60. The van der Waals surface area contributed by atoms with Gasteiger partial charge in [-0.15, -0.1) is 11.3 Å². The lowest BCUT2D eigenvalue weighted by atomic mass is 10.2. The van der Waals surface area contributed by atoms with Crippen molar-refractivity contribution in [1.82, 2.24) is 15.3 Å². The summed E-state index contributed by atoms with van der Waals surface area (Å²) >= 11 is 1.64. The van der Waals surface area contributed by atoms with Crippen molar-refractivity contribution in [2.24, 2.45) is 0 Å². The van der Waals surface area contributed by atoms with E-state index in [0.29, 0.717) is 12.2 Å². The van der Waals surface area contributed by atoms with Crippen molar-refractivity contribution in [3.8, 4) is 0 Å². The van der Waals surface area contributed by atoms with Crippen LogP contribution in [0, 0.1) is 6.92 Å². The number of aryl methyl sites for hydroxylation is 1. The number of rotatable bonds is 4. The van der Waals surface area contributed by atoms with E-state index >= 15 is 0 Å². The molecule has 4 nitrogen and oxygen atoms in total. The first-order chi connectivity index (χ1) is 10.1. The van der Waals surface area contributed by atoms with Crippen LogP contribution in [-0.2, 0) is 0 Å². The van der Waals surface area contributed by atoms with E-state index in [1.165, 1.54) is 0 Å². The van der Waals surface area contributed by atoms with Gasteiger partial charge in [0.25, 0.3) is 5.91 Å². The Morgan fingerprint density at radius 3 is 2.95 bits per heavy atom. The number of fused-ring (bicyclic) bond motifs is 1. The Labute approximate surface area is 127 Å². The molecule has 21 heavy (non-hydrogen) atoms. The molecule has 2 N–H and O–H groups in total. The number of nitrogens with one attached hydrogen (secondary N) is 2. The molecule has 0 aliphatic rings. The van der Waals surface area contributed by atoms with Gasteiger partial charge in [0, 0.05) is 34.4 Å². The van der Waals surface area contributed by atoms with Gasteiger partial charge in [0.1, 0.15) is 5.69 Å². The molecule has 0 unspecified atom stereocenters. The molecule has 0 fully saturated rings. The second kappa shape index (κ2) is 5.69. The number of thiazole rings is 1. The lowest BCUT2D eigenvalue weighted by Crippen LogP contribution is -2.27. The largest absolute Gasteiger partial charge is 0.351 e. The minimum atomic E-state index is -0.0775. The number of carbonyl (C=O) groups is 1. The van der Waals surface area contributed by atoms with Gasteiger partial charge in [-0.2, -0.15) is 0 Å². The quantitative estimate of drug-likeness (QED) is 0.775. The highest BCUT2D eigenvalue weighted by Gasteiger charge is 2.13. The number of para-hydroxylation sites is 1. The van der Waals surface area contributed by atoms with Crippen LogP contribution < -0.4 is 5.32 Å². The fourth-order valence-corrected chi connectivity index (χ4v) is 3.08. The molecule has 0 saturated heterocycles. The first kappa shape index (κ1) is 13.8. The summed E-state index contributed by atoms with van der Waals surface area (Å²) in [5.74, 6) is 0.142. The maximum absolute atomic E-state index is 12.2. The molecule has 2 heterocycles. The van der Waals surface area contributed by atoms with Crippen LogP contribution in [0.5, 0.6) is 0 Å². The van der Waals surface area contributed by atoms with Gasteiger partial charge in [0.15, 0.2) is 0 Å². The topological polar surface area (TPSA) is 57.8 Å². The Hall–Kier alpha value is -2.14. The van der Waals surface area contributed by atoms with Crippen molar-refractivity contribution >= 4 is 28.1 Å². The standard InChI is InChI=1S/C16H17N3OS/c1-10(16-18-11(2)9-21-16)8-17-15(20)14-7-12-5-3-4-6-13(12)19-14/h3-7,9-10,19H,8H2,1-2H3,(H,17,20)/t10-/m1/s1. The predicted molar refractivity (Wildman–Crippen MR) is 85.9 cm³/mol. The molecule has 5 heteroatoms. The van der Waals surface area contributed by atoms with Crippen LogP contribution in [0.1, 0.15) is 34.0 Å². The third-order valence-electron chi connectivity index (χ3n) is 3.40. The number of hydrogen-bond donors (Lipinski definition) is 2. The summed E-state index contributed by atoms with van der Waals surface area (Å²) in [5.41, 5.74) is 2.61. The van der Waals surface area contributed by atoms with Gasteiger partial charge in [-0.1, -0.05) is 25.1 Å². The smallest absolute Gasteiger partial charge is 0.267 e. The summed E-state index contributed by atoms with van der Waals surface area (Å²) in [4.78, 5) is 19.8. The first-order valence-corrected chi connectivity index (χ1v) is 7.79. The molecule has 0 aliphatic heterocycles. The Bertz CT molecular complexity index is 742. The molecule has 0 bridgehead atoms. The molecule has 108 valence electrons. The molecule has 0 spiro atoms. The first-order valence-electron chi connectivity index (χ1n) is 6.91. The van der Waals surface area contributed by atoms with E-state index in [4.69, 9.17) is 0 Å². The zero-order valence-corrected chi connectivity index (χ0v) is 12.8. The van der Waals surface area contributed by atoms with Crippen molar-refractivity contribution in [3.05, 3.63) is 52.1 Å². The number of amides is 1. The van der Waals surface area contributed by atoms with Crippen molar-refractivity contribution in [3.63, 3.8) is 0 Å². The molecule has 0 aliphatic carbocycles. The normalized spacial score (nSPS) is 12.5. The summed E-state index contributed by atoms with van der Waals surface area (Å²) in [6.07, 6.45) is 0. The lowest BCUT2D eigenvalue weighted by molar-refractivity contribution is 0.0947. The Kier molecular flexibility index (Phi) is 3.75. The zero-order valence-electron chi connectivity index (χ0n) is 12.0. The van der Waals surface area contributed by atoms with Crippen LogP contribution in [-0.4, -0.2) is 22.4 Å². The van der Waals surface area contributed by atoms with E-state index in [0.717, 1.165) is 21.6 Å². The van der Waals surface area contributed by atoms with E-state index in [1.807, 2.05) is 42.6 Å². The molecule has 1 atom stereocenters. The second-order valence-corrected chi connectivity index (χ2v) is 6.10. The van der Waals surface area contributed by atoms with Crippen LogP contribution in [0.15, 0.2) is 35.7 Å². The molecular formula is C16H17N3OS. The van der Waals surface area contributed by atoms with E-state index in [2.05, 4.69) is 22.2 Å². The molecule has 2 aromatic heterocycles. The predicted octanol–water partition coefficient (Wildman–Crippen LogP) is 3.47. The average molecular weight is 299 g/mol. The highest BCUT2D eigenvalue weighted by atomic mass is 32.1. The molecule has 3 rings (SSSR count). The van der Waals surface area contributed by atoms with Crippen LogP contribution in [0.3, 0.4) is 0 Å². The summed E-state index contributed by atoms with van der Waals surface area (Å²) < 4.78 is 0. The lowest BCUT2D eigenvalue weighted by Gasteiger charge is -2.09. The van der Waals surface area contributed by atoms with Gasteiger partial charge in [-0.25, -0.2) is 4.98 Å². The number of hydrogen-bond acceptors (Lipinski definition) is 3. The van der Waals surface area contributed by atoms with Gasteiger partial charge < -0.3 is 10.3 Å². The molecular weight excluding hydrogens is 282 g/mol. The fraction of sp³-hybridized carbons (Fsp3) is 0.250. The SMILES string of the molecule is Cc1csc([C@H](C)CNC(=O)c2cc3ccccc3[nH]2)n1. The summed E-state index contributed by atoms with van der Waals surface area (Å²) in [6, 6.07) is 9.75. The van der Waals surface area contributed by atoms with E-state index in [1.54, 1.807) is 11.3 Å². The number of aromatic nitrogens is 2. The maximum Gasteiger partial charge on any atom is 0.267 e. The fourth-order valence-electron chi connectivity index (χ4n) is 2.22. The molecule has 0 radical (unpaired) electrons. The zero-order chi connectivity index (χ0) is 14.8. The molecule has 0 saturated carbocycles. The van der Waals surface area contributed by atoms with Gasteiger partial charge >= 0.3 is 0 Å². The van der Waals surface area contributed by atoms with Gasteiger partial charge in [0.2, 0.25) is 0 Å². The highest BCUT2D eigenvalue weighted by molar-refractivity contribution is 7.09. The minimum Gasteiger partial charge on any atom is -0.351 e. The monoisotopic (exact) mass is 299 g/mol. The summed E-state index contributed by atoms with van der Waals surface area (Å²) in [7, 11) is 0.